The Morgan fingerprint density at radius 3 is 2.71 bits per heavy atom. The third-order valence-corrected chi connectivity index (χ3v) is 5.78. The molecule has 2 heterocycles. The molecule has 0 aliphatic rings. The minimum absolute atomic E-state index is 0.00278. The predicted molar refractivity (Wildman–Crippen MR) is 125 cm³/mol. The summed E-state index contributed by atoms with van der Waals surface area (Å²) in [5, 5.41) is 14.7. The molecule has 0 aliphatic carbocycles. The van der Waals surface area contributed by atoms with Crippen molar-refractivity contribution >= 4 is 28.4 Å². The van der Waals surface area contributed by atoms with E-state index in [2.05, 4.69) is 20.3 Å². The molecule has 0 fully saturated rings. The molecule has 0 saturated carbocycles. The number of hydrogen-bond donors (Lipinski definition) is 2. The molecule has 4 aromatic rings. The van der Waals surface area contributed by atoms with Crippen LogP contribution >= 0.6 is 11.6 Å². The molecule has 4 rings (SSSR count). The minimum Gasteiger partial charge on any atom is -0.496 e. The number of carbonyl (C=O) groups excluding carboxylic acids is 1. The molecule has 2 aromatic carbocycles. The second kappa shape index (κ2) is 9.57. The van der Waals surface area contributed by atoms with E-state index in [1.165, 1.54) is 19.2 Å². The van der Waals surface area contributed by atoms with Crippen molar-refractivity contribution in [1.29, 1.82) is 0 Å². The Morgan fingerprint density at radius 2 is 2.03 bits per heavy atom. The average Bonchev–Trinajstić information content (AvgIpc) is 3.46. The lowest BCUT2D eigenvalue weighted by Gasteiger charge is -2.11. The standard InChI is InChI=1S/C23H22ClF3N6O2/c1-12(2)33-19(9-13-5-7-17-16(20(13)24)10-29-31-17)30-21(32-33)14-4-6-15(18(8-14)35-3)22(34)28-11-23(25,26)27/h4-8,10,12H,9,11H2,1-3H3,(H,28,34)(H,29,31). The van der Waals surface area contributed by atoms with E-state index in [1.54, 1.807) is 16.9 Å². The van der Waals surface area contributed by atoms with Gasteiger partial charge in [0.1, 0.15) is 18.1 Å². The van der Waals surface area contributed by atoms with Gasteiger partial charge in [-0.15, -0.1) is 0 Å². The first-order valence-corrected chi connectivity index (χ1v) is 11.0. The van der Waals surface area contributed by atoms with Crippen LogP contribution in [0.3, 0.4) is 0 Å². The Balaban J connectivity index is 1.65. The van der Waals surface area contributed by atoms with E-state index in [-0.39, 0.29) is 17.4 Å². The first-order chi connectivity index (χ1) is 16.6. The summed E-state index contributed by atoms with van der Waals surface area (Å²) in [7, 11) is 1.33. The highest BCUT2D eigenvalue weighted by Gasteiger charge is 2.28. The summed E-state index contributed by atoms with van der Waals surface area (Å²) in [5.74, 6) is 0.273. The fourth-order valence-corrected chi connectivity index (χ4v) is 3.92. The highest BCUT2D eigenvalue weighted by molar-refractivity contribution is 6.36. The summed E-state index contributed by atoms with van der Waals surface area (Å²) in [4.78, 5) is 16.9. The number of aromatic amines is 1. The third-order valence-electron chi connectivity index (χ3n) is 5.33. The highest BCUT2D eigenvalue weighted by atomic mass is 35.5. The van der Waals surface area contributed by atoms with Crippen LogP contribution < -0.4 is 10.1 Å². The molecule has 0 atom stereocenters. The number of carbonyl (C=O) groups is 1. The normalized spacial score (nSPS) is 11.9. The van der Waals surface area contributed by atoms with Gasteiger partial charge in [0.05, 0.1) is 29.4 Å². The predicted octanol–water partition coefficient (Wildman–Crippen LogP) is 4.95. The van der Waals surface area contributed by atoms with Crippen molar-refractivity contribution in [2.45, 2.75) is 32.5 Å². The van der Waals surface area contributed by atoms with E-state index in [1.807, 2.05) is 31.3 Å². The monoisotopic (exact) mass is 506 g/mol. The van der Waals surface area contributed by atoms with Crippen LogP contribution in [0.1, 0.15) is 41.6 Å². The summed E-state index contributed by atoms with van der Waals surface area (Å²) in [6.07, 6.45) is -2.43. The van der Waals surface area contributed by atoms with E-state index in [0.717, 1.165) is 16.5 Å². The van der Waals surface area contributed by atoms with Crippen molar-refractivity contribution in [3.05, 3.63) is 58.5 Å². The van der Waals surface area contributed by atoms with Gasteiger partial charge < -0.3 is 10.1 Å². The maximum Gasteiger partial charge on any atom is 0.405 e. The van der Waals surface area contributed by atoms with Crippen molar-refractivity contribution in [3.63, 3.8) is 0 Å². The maximum atomic E-state index is 12.5. The SMILES string of the molecule is COc1cc(-c2nc(Cc3ccc4[nH]ncc4c3Cl)n(C(C)C)n2)ccc1C(=O)NCC(F)(F)F. The summed E-state index contributed by atoms with van der Waals surface area (Å²) < 4.78 is 44.4. The number of benzene rings is 2. The van der Waals surface area contributed by atoms with Gasteiger partial charge in [-0.05, 0) is 37.6 Å². The zero-order valence-corrected chi connectivity index (χ0v) is 19.8. The van der Waals surface area contributed by atoms with Gasteiger partial charge in [-0.3, -0.25) is 9.89 Å². The second-order valence-electron chi connectivity index (χ2n) is 8.15. The molecular formula is C23H22ClF3N6O2. The van der Waals surface area contributed by atoms with Gasteiger partial charge in [-0.25, -0.2) is 9.67 Å². The summed E-state index contributed by atoms with van der Waals surface area (Å²) in [6, 6.07) is 8.28. The maximum absolute atomic E-state index is 12.5. The lowest BCUT2D eigenvalue weighted by Crippen LogP contribution is -2.33. The largest absolute Gasteiger partial charge is 0.496 e. The number of fused-ring (bicyclic) bond motifs is 1. The van der Waals surface area contributed by atoms with Crippen LogP contribution in [0.15, 0.2) is 36.5 Å². The first kappa shape index (κ1) is 24.5. The summed E-state index contributed by atoms with van der Waals surface area (Å²) >= 11 is 6.59. The molecule has 0 bridgehead atoms. The Bertz CT molecular complexity index is 1380. The Labute approximate surface area is 203 Å². The van der Waals surface area contributed by atoms with E-state index < -0.39 is 18.6 Å². The van der Waals surface area contributed by atoms with Crippen LogP contribution in [0.4, 0.5) is 13.2 Å². The molecule has 1 amide bonds. The molecule has 8 nitrogen and oxygen atoms in total. The number of aromatic nitrogens is 5. The molecule has 0 aliphatic heterocycles. The van der Waals surface area contributed by atoms with Crippen molar-refractivity contribution in [1.82, 2.24) is 30.3 Å². The third kappa shape index (κ3) is 5.24. The molecule has 0 radical (unpaired) electrons. The molecule has 0 unspecified atom stereocenters. The van der Waals surface area contributed by atoms with Crippen molar-refractivity contribution in [2.75, 3.05) is 13.7 Å². The molecule has 35 heavy (non-hydrogen) atoms. The molecule has 0 spiro atoms. The molecule has 12 heteroatoms. The second-order valence-corrected chi connectivity index (χ2v) is 8.53. The van der Waals surface area contributed by atoms with Gasteiger partial charge >= 0.3 is 6.18 Å². The molecule has 0 saturated heterocycles. The van der Waals surface area contributed by atoms with Crippen LogP contribution in [-0.2, 0) is 6.42 Å². The number of amides is 1. The number of alkyl halides is 3. The molecule has 184 valence electrons. The van der Waals surface area contributed by atoms with Crippen molar-refractivity contribution in [2.24, 2.45) is 0 Å². The van der Waals surface area contributed by atoms with Crippen molar-refractivity contribution < 1.29 is 22.7 Å². The van der Waals surface area contributed by atoms with E-state index in [0.29, 0.717) is 28.7 Å². The van der Waals surface area contributed by atoms with Crippen LogP contribution in [-0.4, -0.2) is 50.7 Å². The number of hydrogen-bond acceptors (Lipinski definition) is 5. The summed E-state index contributed by atoms with van der Waals surface area (Å²) in [5.41, 5.74) is 2.21. The molecule has 2 aromatic heterocycles. The number of rotatable bonds is 7. The van der Waals surface area contributed by atoms with E-state index >= 15 is 0 Å². The van der Waals surface area contributed by atoms with Gasteiger partial charge in [0.2, 0.25) is 0 Å². The topological polar surface area (TPSA) is 97.7 Å². The Kier molecular flexibility index (Phi) is 6.70. The summed E-state index contributed by atoms with van der Waals surface area (Å²) in [6.45, 7) is 2.50. The lowest BCUT2D eigenvalue weighted by molar-refractivity contribution is -0.123. The van der Waals surface area contributed by atoms with Gasteiger partial charge in [0, 0.05) is 23.4 Å². The fraction of sp³-hybridized carbons (Fsp3) is 0.304. The van der Waals surface area contributed by atoms with Crippen LogP contribution in [0, 0.1) is 0 Å². The number of halogens is 4. The minimum atomic E-state index is -4.52. The molecular weight excluding hydrogens is 485 g/mol. The van der Waals surface area contributed by atoms with E-state index in [9.17, 15) is 18.0 Å². The zero-order valence-electron chi connectivity index (χ0n) is 19.1. The average molecular weight is 507 g/mol. The van der Waals surface area contributed by atoms with Gasteiger partial charge in [0.25, 0.3) is 5.91 Å². The number of nitrogens with zero attached hydrogens (tertiary/aromatic N) is 4. The fourth-order valence-electron chi connectivity index (χ4n) is 3.64. The van der Waals surface area contributed by atoms with Crippen LogP contribution in [0.5, 0.6) is 5.75 Å². The lowest BCUT2D eigenvalue weighted by atomic mass is 10.1. The van der Waals surface area contributed by atoms with Crippen LogP contribution in [0.25, 0.3) is 22.3 Å². The highest BCUT2D eigenvalue weighted by Crippen LogP contribution is 2.30. The van der Waals surface area contributed by atoms with Gasteiger partial charge in [0.15, 0.2) is 5.82 Å². The Morgan fingerprint density at radius 1 is 1.26 bits per heavy atom. The number of nitrogens with one attached hydrogen (secondary N) is 2. The number of methoxy groups -OCH3 is 1. The zero-order chi connectivity index (χ0) is 25.3. The number of ether oxygens (including phenoxy) is 1. The van der Waals surface area contributed by atoms with Gasteiger partial charge in [-0.1, -0.05) is 23.7 Å². The quantitative estimate of drug-likeness (QED) is 0.370. The first-order valence-electron chi connectivity index (χ1n) is 10.7. The molecule has 2 N–H and O–H groups in total. The Hall–Kier alpha value is -3.60. The smallest absolute Gasteiger partial charge is 0.405 e. The van der Waals surface area contributed by atoms with E-state index in [4.69, 9.17) is 16.3 Å². The van der Waals surface area contributed by atoms with Gasteiger partial charge in [-0.2, -0.15) is 23.4 Å². The van der Waals surface area contributed by atoms with Crippen molar-refractivity contribution in [3.8, 4) is 17.1 Å². The number of H-pyrrole nitrogens is 1. The van der Waals surface area contributed by atoms with Crippen LogP contribution in [0.2, 0.25) is 5.02 Å².